The normalized spacial score (nSPS) is 11.5. The van der Waals surface area contributed by atoms with Crippen molar-refractivity contribution in [2.24, 2.45) is 11.5 Å². The molecule has 142 valence electrons. The summed E-state index contributed by atoms with van der Waals surface area (Å²) in [5.74, 6) is -2.18. The van der Waals surface area contributed by atoms with Crippen molar-refractivity contribution in [2.45, 2.75) is 25.3 Å². The number of benzene rings is 1. The zero-order valence-electron chi connectivity index (χ0n) is 13.2. The number of carbonyl (C=O) groups is 1. The van der Waals surface area contributed by atoms with E-state index in [1.807, 2.05) is 0 Å². The lowest BCUT2D eigenvalue weighted by molar-refractivity contribution is -0.407. The molecule has 0 aliphatic carbocycles. The Balaban J connectivity index is 3.07. The van der Waals surface area contributed by atoms with E-state index in [-0.39, 0.29) is 6.42 Å². The number of unbranched alkanes of at least 4 members (excludes halogenated alkanes) is 1. The highest BCUT2D eigenvalue weighted by atomic mass is 17.2. The molecule has 0 aliphatic rings. The molecule has 0 saturated carbocycles. The third-order valence-corrected chi connectivity index (χ3v) is 3.12. The number of hydrogen-bond acceptors (Lipinski definition) is 11. The minimum absolute atomic E-state index is 0.184. The van der Waals surface area contributed by atoms with Gasteiger partial charge in [-0.05, 0) is 19.4 Å². The van der Waals surface area contributed by atoms with E-state index in [0.717, 1.165) is 0 Å². The van der Waals surface area contributed by atoms with Crippen LogP contribution in [0.4, 0.5) is 17.1 Å². The van der Waals surface area contributed by atoms with E-state index in [1.165, 1.54) is 0 Å². The lowest BCUT2D eigenvalue weighted by Crippen LogP contribution is -2.33. The second-order valence-electron chi connectivity index (χ2n) is 4.96. The Morgan fingerprint density at radius 1 is 1.04 bits per heavy atom. The Hall–Kier alpha value is -3.39. The Labute approximate surface area is 145 Å². The molecule has 0 spiro atoms. The number of hydrogen-bond donors (Lipinski definition) is 2. The SMILES string of the molecule is NCCCCC(N)C(=O)OOc1c([N+](=O)[O-])cc([N+](=O)[O-])cc1[N+](=O)[O-]. The van der Waals surface area contributed by atoms with Crippen LogP contribution in [0.1, 0.15) is 19.3 Å². The smallest absolute Gasteiger partial charge is 0.330 e. The van der Waals surface area contributed by atoms with Crippen molar-refractivity contribution in [2.75, 3.05) is 6.54 Å². The average Bonchev–Trinajstić information content (AvgIpc) is 2.58. The van der Waals surface area contributed by atoms with Gasteiger partial charge in [-0.25, -0.2) is 9.68 Å². The Morgan fingerprint density at radius 2 is 1.58 bits per heavy atom. The molecular formula is C12H15N5O9. The topological polar surface area (TPSA) is 217 Å². The second kappa shape index (κ2) is 9.19. The molecule has 0 saturated heterocycles. The van der Waals surface area contributed by atoms with E-state index in [0.29, 0.717) is 31.5 Å². The average molecular weight is 373 g/mol. The minimum atomic E-state index is -1.15. The number of nitro benzene ring substituents is 3. The van der Waals surface area contributed by atoms with E-state index in [2.05, 4.69) is 9.78 Å². The van der Waals surface area contributed by atoms with Crippen LogP contribution in [0, 0.1) is 30.3 Å². The van der Waals surface area contributed by atoms with Crippen LogP contribution < -0.4 is 16.4 Å². The summed E-state index contributed by atoms with van der Waals surface area (Å²) < 4.78 is 0. The van der Waals surface area contributed by atoms with Crippen molar-refractivity contribution in [3.63, 3.8) is 0 Å². The highest BCUT2D eigenvalue weighted by molar-refractivity contribution is 5.75. The predicted octanol–water partition coefficient (Wildman–Crippen LogP) is 0.705. The van der Waals surface area contributed by atoms with Crippen LogP contribution in [0.25, 0.3) is 0 Å². The maximum atomic E-state index is 11.7. The Kier molecular flexibility index (Phi) is 7.30. The van der Waals surface area contributed by atoms with Gasteiger partial charge in [-0.1, -0.05) is 6.42 Å². The largest absolute Gasteiger partial charge is 0.371 e. The van der Waals surface area contributed by atoms with E-state index in [9.17, 15) is 35.1 Å². The van der Waals surface area contributed by atoms with Gasteiger partial charge in [-0.15, -0.1) is 0 Å². The molecule has 0 heterocycles. The van der Waals surface area contributed by atoms with E-state index in [4.69, 9.17) is 11.5 Å². The van der Waals surface area contributed by atoms with Crippen molar-refractivity contribution in [3.8, 4) is 5.75 Å². The third kappa shape index (κ3) is 5.32. The monoisotopic (exact) mass is 373 g/mol. The summed E-state index contributed by atoms with van der Waals surface area (Å²) in [6.07, 6.45) is 1.29. The summed E-state index contributed by atoms with van der Waals surface area (Å²) in [5, 5.41) is 32.8. The number of nitrogens with zero attached hydrogens (tertiary/aromatic N) is 3. The lowest BCUT2D eigenvalue weighted by atomic mass is 10.1. The van der Waals surface area contributed by atoms with Gasteiger partial charge in [0.1, 0.15) is 6.04 Å². The summed E-state index contributed by atoms with van der Waals surface area (Å²) in [4.78, 5) is 49.9. The van der Waals surface area contributed by atoms with Gasteiger partial charge in [0, 0.05) is 0 Å². The summed E-state index contributed by atoms with van der Waals surface area (Å²) in [6, 6.07) is -0.257. The van der Waals surface area contributed by atoms with Gasteiger partial charge in [0.25, 0.3) is 5.69 Å². The van der Waals surface area contributed by atoms with Crippen molar-refractivity contribution in [1.29, 1.82) is 0 Å². The van der Waals surface area contributed by atoms with E-state index in [1.54, 1.807) is 0 Å². The van der Waals surface area contributed by atoms with Crippen LogP contribution in [-0.2, 0) is 9.68 Å². The summed E-state index contributed by atoms with van der Waals surface area (Å²) >= 11 is 0. The fourth-order valence-electron chi connectivity index (χ4n) is 1.82. The molecule has 0 bridgehead atoms. The van der Waals surface area contributed by atoms with Crippen LogP contribution in [0.3, 0.4) is 0 Å². The van der Waals surface area contributed by atoms with Gasteiger partial charge < -0.3 is 11.5 Å². The zero-order valence-corrected chi connectivity index (χ0v) is 13.2. The number of carbonyl (C=O) groups excluding carboxylic acids is 1. The molecular weight excluding hydrogens is 358 g/mol. The molecule has 0 fully saturated rings. The molecule has 0 amide bonds. The van der Waals surface area contributed by atoms with Crippen LogP contribution in [0.2, 0.25) is 0 Å². The van der Waals surface area contributed by atoms with Crippen LogP contribution in [0.5, 0.6) is 5.75 Å². The minimum Gasteiger partial charge on any atom is -0.330 e. The van der Waals surface area contributed by atoms with Crippen LogP contribution >= 0.6 is 0 Å². The highest BCUT2D eigenvalue weighted by Gasteiger charge is 2.34. The van der Waals surface area contributed by atoms with Crippen LogP contribution in [0.15, 0.2) is 12.1 Å². The molecule has 1 aromatic carbocycles. The van der Waals surface area contributed by atoms with Crippen molar-refractivity contribution < 1.29 is 29.3 Å². The number of non-ortho nitro benzene ring substituents is 1. The van der Waals surface area contributed by atoms with E-state index < -0.39 is 49.6 Å². The fourth-order valence-corrected chi connectivity index (χ4v) is 1.82. The number of rotatable bonds is 10. The van der Waals surface area contributed by atoms with Crippen molar-refractivity contribution >= 4 is 23.0 Å². The van der Waals surface area contributed by atoms with Gasteiger partial charge in [0.2, 0.25) is 0 Å². The molecule has 1 rings (SSSR count). The quantitative estimate of drug-likeness (QED) is 0.251. The van der Waals surface area contributed by atoms with Crippen molar-refractivity contribution in [1.82, 2.24) is 0 Å². The maximum absolute atomic E-state index is 11.7. The number of nitro groups is 3. The molecule has 14 heteroatoms. The van der Waals surface area contributed by atoms with Gasteiger partial charge in [-0.2, -0.15) is 0 Å². The Morgan fingerprint density at radius 3 is 2.00 bits per heavy atom. The molecule has 0 radical (unpaired) electrons. The van der Waals surface area contributed by atoms with Gasteiger partial charge >= 0.3 is 23.1 Å². The summed E-state index contributed by atoms with van der Waals surface area (Å²) in [5.41, 5.74) is 7.69. The van der Waals surface area contributed by atoms with Crippen molar-refractivity contribution in [3.05, 3.63) is 42.5 Å². The first-order chi connectivity index (χ1) is 12.2. The molecule has 1 atom stereocenters. The maximum Gasteiger partial charge on any atom is 0.371 e. The molecule has 26 heavy (non-hydrogen) atoms. The summed E-state index contributed by atoms with van der Waals surface area (Å²) in [7, 11) is 0. The molecule has 14 nitrogen and oxygen atoms in total. The first kappa shape index (κ1) is 20.7. The molecule has 0 aromatic heterocycles. The van der Waals surface area contributed by atoms with Gasteiger partial charge in [-0.3, -0.25) is 35.2 Å². The zero-order chi connectivity index (χ0) is 19.9. The molecule has 4 N–H and O–H groups in total. The molecule has 1 aromatic rings. The fraction of sp³-hybridized carbons (Fsp3) is 0.417. The third-order valence-electron chi connectivity index (χ3n) is 3.12. The first-order valence-corrected chi connectivity index (χ1v) is 7.14. The van der Waals surface area contributed by atoms with E-state index >= 15 is 0 Å². The van der Waals surface area contributed by atoms with Gasteiger partial charge in [0.15, 0.2) is 0 Å². The lowest BCUT2D eigenvalue weighted by Gasteiger charge is -2.10. The van der Waals surface area contributed by atoms with Gasteiger partial charge in [0.05, 0.1) is 26.9 Å². The predicted molar refractivity (Wildman–Crippen MR) is 84.0 cm³/mol. The number of nitrogens with two attached hydrogens (primary N) is 2. The molecule has 0 aliphatic heterocycles. The first-order valence-electron chi connectivity index (χ1n) is 7.14. The highest BCUT2D eigenvalue weighted by Crippen LogP contribution is 2.40. The Bertz CT molecular complexity index is 688. The van der Waals surface area contributed by atoms with Crippen LogP contribution in [-0.4, -0.2) is 33.3 Å². The molecule has 1 unspecified atom stereocenters. The second-order valence-corrected chi connectivity index (χ2v) is 4.96. The summed E-state index contributed by atoms with van der Waals surface area (Å²) in [6.45, 7) is 0.388. The standard InChI is InChI=1S/C12H15N5O9/c13-4-2-1-3-8(14)12(18)26-25-11-9(16(21)22)5-7(15(19)20)6-10(11)17(23)24/h5-6,8H,1-4,13-14H2.